The summed E-state index contributed by atoms with van der Waals surface area (Å²) in [6.45, 7) is 0. The molecule has 6 aromatic carbocycles. The summed E-state index contributed by atoms with van der Waals surface area (Å²) in [7, 11) is 0. The molecule has 3 aromatic heterocycles. The van der Waals surface area contributed by atoms with Gasteiger partial charge in [-0.15, -0.1) is 0 Å². The van der Waals surface area contributed by atoms with E-state index in [0.29, 0.717) is 0 Å². The smallest absolute Gasteiger partial charge is 0.0789 e. The lowest BCUT2D eigenvalue weighted by Crippen LogP contribution is -1.94. The zero-order valence-electron chi connectivity index (χ0n) is 23.3. The molecule has 3 heteroatoms. The van der Waals surface area contributed by atoms with Crippen molar-refractivity contribution >= 4 is 54.4 Å². The molecule has 0 aliphatic heterocycles. The molecule has 0 fully saturated rings. The van der Waals surface area contributed by atoms with E-state index in [4.69, 9.17) is 4.98 Å². The predicted octanol–water partition coefficient (Wildman–Crippen LogP) is 10.4. The van der Waals surface area contributed by atoms with Crippen molar-refractivity contribution in [2.75, 3.05) is 0 Å². The quantitative estimate of drug-likeness (QED) is 0.206. The third-order valence-corrected chi connectivity index (χ3v) is 8.58. The van der Waals surface area contributed by atoms with Gasteiger partial charge in [-0.2, -0.15) is 0 Å². The van der Waals surface area contributed by atoms with E-state index in [1.54, 1.807) is 0 Å². The van der Waals surface area contributed by atoms with Crippen LogP contribution in [0.5, 0.6) is 0 Å². The lowest BCUT2D eigenvalue weighted by Gasteiger charge is -2.13. The molecule has 3 nitrogen and oxygen atoms in total. The van der Waals surface area contributed by atoms with E-state index in [9.17, 15) is 0 Å². The van der Waals surface area contributed by atoms with Gasteiger partial charge in [0, 0.05) is 44.4 Å². The van der Waals surface area contributed by atoms with E-state index in [-0.39, 0.29) is 0 Å². The summed E-state index contributed by atoms with van der Waals surface area (Å²) < 4.78 is 2.38. The van der Waals surface area contributed by atoms with Crippen molar-refractivity contribution in [3.05, 3.63) is 152 Å². The van der Waals surface area contributed by atoms with Gasteiger partial charge >= 0.3 is 0 Å². The van der Waals surface area contributed by atoms with Crippen LogP contribution in [0.2, 0.25) is 0 Å². The first kappa shape index (κ1) is 23.9. The SMILES string of the molecule is c1ccc(-n2c3ccccc3c3cc4c(cc32)c(-c2cccc(-c3ccc5ncccc5c3)c2)nc2ccccc24)cc1. The van der Waals surface area contributed by atoms with Crippen molar-refractivity contribution in [3.8, 4) is 28.1 Å². The molecule has 0 amide bonds. The first-order chi connectivity index (χ1) is 21.3. The van der Waals surface area contributed by atoms with Crippen molar-refractivity contribution in [2.24, 2.45) is 0 Å². The molecule has 0 spiro atoms. The standard InChI is InChI=1S/C40H25N3/c1-2-13-30(14-3-1)43-38-18-7-5-16-32(38)34-24-33-31-15-4-6-17-37(31)42-40(35(33)25-39(34)43)29-11-8-10-26(23-29)27-19-20-36-28(22-27)12-9-21-41-36/h1-25H. The van der Waals surface area contributed by atoms with Gasteiger partial charge in [0.2, 0.25) is 0 Å². The van der Waals surface area contributed by atoms with E-state index in [1.807, 2.05) is 12.3 Å². The van der Waals surface area contributed by atoms with Crippen LogP contribution in [0.25, 0.3) is 82.5 Å². The van der Waals surface area contributed by atoms with Crippen LogP contribution in [-0.4, -0.2) is 14.5 Å². The number of rotatable bonds is 3. The molecular formula is C40H25N3. The molecule has 0 radical (unpaired) electrons. The van der Waals surface area contributed by atoms with Gasteiger partial charge in [-0.1, -0.05) is 84.9 Å². The second-order valence-corrected chi connectivity index (χ2v) is 11.1. The van der Waals surface area contributed by atoms with Gasteiger partial charge < -0.3 is 4.57 Å². The molecular weight excluding hydrogens is 522 g/mol. The summed E-state index contributed by atoms with van der Waals surface area (Å²) >= 11 is 0. The highest BCUT2D eigenvalue weighted by atomic mass is 15.0. The third-order valence-electron chi connectivity index (χ3n) is 8.58. The van der Waals surface area contributed by atoms with Crippen LogP contribution in [0.1, 0.15) is 0 Å². The zero-order chi connectivity index (χ0) is 28.3. The highest BCUT2D eigenvalue weighted by Crippen LogP contribution is 2.40. The maximum Gasteiger partial charge on any atom is 0.0789 e. The van der Waals surface area contributed by atoms with E-state index in [0.717, 1.165) is 49.7 Å². The van der Waals surface area contributed by atoms with Gasteiger partial charge in [-0.3, -0.25) is 4.98 Å². The van der Waals surface area contributed by atoms with Gasteiger partial charge in [0.15, 0.2) is 0 Å². The van der Waals surface area contributed by atoms with Gasteiger partial charge in [-0.05, 0) is 77.2 Å². The minimum Gasteiger partial charge on any atom is -0.309 e. The van der Waals surface area contributed by atoms with E-state index in [2.05, 4.69) is 149 Å². The number of pyridine rings is 2. The van der Waals surface area contributed by atoms with Crippen LogP contribution in [0.15, 0.2) is 152 Å². The Labute approximate surface area is 248 Å². The minimum atomic E-state index is 0.991. The molecule has 3 heterocycles. The molecule has 9 aromatic rings. The fourth-order valence-corrected chi connectivity index (χ4v) is 6.59. The molecule has 0 aliphatic carbocycles. The second kappa shape index (κ2) is 9.37. The Morgan fingerprint density at radius 1 is 0.419 bits per heavy atom. The Balaban J connectivity index is 1.35. The van der Waals surface area contributed by atoms with Crippen molar-refractivity contribution in [2.45, 2.75) is 0 Å². The summed E-state index contributed by atoms with van der Waals surface area (Å²) in [6.07, 6.45) is 1.84. The fourth-order valence-electron chi connectivity index (χ4n) is 6.59. The Morgan fingerprint density at radius 2 is 1.21 bits per heavy atom. The Morgan fingerprint density at radius 3 is 2.14 bits per heavy atom. The monoisotopic (exact) mass is 547 g/mol. The average molecular weight is 548 g/mol. The van der Waals surface area contributed by atoms with Crippen LogP contribution in [0, 0.1) is 0 Å². The van der Waals surface area contributed by atoms with Gasteiger partial charge in [0.05, 0.1) is 27.8 Å². The lowest BCUT2D eigenvalue weighted by molar-refractivity contribution is 1.18. The normalized spacial score (nSPS) is 11.7. The Bertz CT molecular complexity index is 2510. The molecule has 200 valence electrons. The van der Waals surface area contributed by atoms with Crippen molar-refractivity contribution < 1.29 is 0 Å². The maximum atomic E-state index is 5.30. The zero-order valence-corrected chi connectivity index (χ0v) is 23.3. The minimum absolute atomic E-state index is 0.991. The largest absolute Gasteiger partial charge is 0.309 e. The highest BCUT2D eigenvalue weighted by Gasteiger charge is 2.17. The first-order valence-corrected chi connectivity index (χ1v) is 14.6. The molecule has 0 aliphatic rings. The van der Waals surface area contributed by atoms with E-state index in [1.165, 1.54) is 32.8 Å². The van der Waals surface area contributed by atoms with E-state index < -0.39 is 0 Å². The van der Waals surface area contributed by atoms with Crippen LogP contribution in [0.4, 0.5) is 0 Å². The molecule has 0 N–H and O–H groups in total. The Kier molecular flexibility index (Phi) is 5.20. The predicted molar refractivity (Wildman–Crippen MR) is 180 cm³/mol. The molecule has 0 atom stereocenters. The molecule has 0 unspecified atom stereocenters. The Hall–Kier alpha value is -5.80. The molecule has 0 bridgehead atoms. The third kappa shape index (κ3) is 3.75. The maximum absolute atomic E-state index is 5.30. The fraction of sp³-hybridized carbons (Fsp3) is 0. The molecule has 9 rings (SSSR count). The number of nitrogens with zero attached hydrogens (tertiary/aromatic N) is 3. The molecule has 0 saturated heterocycles. The average Bonchev–Trinajstić information content (AvgIpc) is 3.40. The van der Waals surface area contributed by atoms with Gasteiger partial charge in [0.1, 0.15) is 0 Å². The second-order valence-electron chi connectivity index (χ2n) is 11.1. The number of fused-ring (bicyclic) bond motifs is 7. The topological polar surface area (TPSA) is 30.7 Å². The van der Waals surface area contributed by atoms with Crippen LogP contribution >= 0.6 is 0 Å². The summed E-state index contributed by atoms with van der Waals surface area (Å²) in [5.74, 6) is 0. The highest BCUT2D eigenvalue weighted by molar-refractivity contribution is 6.20. The number of hydrogen-bond acceptors (Lipinski definition) is 2. The van der Waals surface area contributed by atoms with E-state index >= 15 is 0 Å². The molecule has 0 saturated carbocycles. The van der Waals surface area contributed by atoms with Crippen LogP contribution in [0.3, 0.4) is 0 Å². The number of para-hydroxylation sites is 3. The first-order valence-electron chi connectivity index (χ1n) is 14.6. The van der Waals surface area contributed by atoms with Crippen LogP contribution < -0.4 is 0 Å². The van der Waals surface area contributed by atoms with Crippen molar-refractivity contribution in [1.29, 1.82) is 0 Å². The van der Waals surface area contributed by atoms with Gasteiger partial charge in [-0.25, -0.2) is 4.98 Å². The number of benzene rings is 6. The van der Waals surface area contributed by atoms with Gasteiger partial charge in [0.25, 0.3) is 0 Å². The molecule has 43 heavy (non-hydrogen) atoms. The lowest BCUT2D eigenvalue weighted by atomic mass is 9.95. The summed E-state index contributed by atoms with van der Waals surface area (Å²) in [4.78, 5) is 9.80. The number of aromatic nitrogens is 3. The summed E-state index contributed by atoms with van der Waals surface area (Å²) in [5, 5.41) is 7.15. The van der Waals surface area contributed by atoms with Crippen molar-refractivity contribution in [1.82, 2.24) is 14.5 Å². The van der Waals surface area contributed by atoms with Crippen LogP contribution in [-0.2, 0) is 0 Å². The number of hydrogen-bond donors (Lipinski definition) is 0. The summed E-state index contributed by atoms with van der Waals surface area (Å²) in [5.41, 5.74) is 9.94. The summed E-state index contributed by atoms with van der Waals surface area (Å²) in [6, 6.07) is 51.9. The van der Waals surface area contributed by atoms with Crippen molar-refractivity contribution in [3.63, 3.8) is 0 Å².